The van der Waals surface area contributed by atoms with Crippen molar-refractivity contribution in [3.05, 3.63) is 70.9 Å². The van der Waals surface area contributed by atoms with Gasteiger partial charge in [0.05, 0.1) is 11.4 Å². The summed E-state index contributed by atoms with van der Waals surface area (Å²) in [5.41, 5.74) is 7.13. The van der Waals surface area contributed by atoms with Crippen LogP contribution in [-0.2, 0) is 5.41 Å². The molecule has 0 aliphatic carbocycles. The largest absolute Gasteiger partial charge is 0.451 e. The zero-order valence-electron chi connectivity index (χ0n) is 16.9. The van der Waals surface area contributed by atoms with Crippen LogP contribution in [0.3, 0.4) is 0 Å². The Bertz CT molecular complexity index is 1010. The summed E-state index contributed by atoms with van der Waals surface area (Å²) in [5, 5.41) is 0. The summed E-state index contributed by atoms with van der Waals surface area (Å²) in [4.78, 5) is 7.07. The van der Waals surface area contributed by atoms with Crippen molar-refractivity contribution in [1.29, 1.82) is 0 Å². The molecule has 0 amide bonds. The van der Waals surface area contributed by atoms with Gasteiger partial charge in [0.2, 0.25) is 0 Å². The molecule has 0 N–H and O–H groups in total. The minimum absolute atomic E-state index is 0.115. The number of pyridine rings is 1. The van der Waals surface area contributed by atoms with Crippen LogP contribution in [-0.4, -0.2) is 4.98 Å². The lowest BCUT2D eigenvalue weighted by molar-refractivity contribution is 0.473. The predicted octanol–water partition coefficient (Wildman–Crippen LogP) is 6.88. The van der Waals surface area contributed by atoms with Crippen LogP contribution in [0.25, 0.3) is 0 Å². The summed E-state index contributed by atoms with van der Waals surface area (Å²) in [6, 6.07) is 16.8. The van der Waals surface area contributed by atoms with E-state index in [0.29, 0.717) is 0 Å². The van der Waals surface area contributed by atoms with Gasteiger partial charge in [0, 0.05) is 5.69 Å². The molecule has 1 aliphatic heterocycles. The number of fused-ring (bicyclic) bond motifs is 2. The molecule has 0 unspecified atom stereocenters. The first-order valence-electron chi connectivity index (χ1n) is 9.42. The molecule has 1 aliphatic rings. The van der Waals surface area contributed by atoms with E-state index in [0.717, 1.165) is 28.7 Å². The van der Waals surface area contributed by atoms with Gasteiger partial charge in [-0.1, -0.05) is 45.0 Å². The van der Waals surface area contributed by atoms with Crippen molar-refractivity contribution in [2.24, 2.45) is 0 Å². The van der Waals surface area contributed by atoms with E-state index in [2.05, 4.69) is 57.7 Å². The molecule has 3 heteroatoms. The van der Waals surface area contributed by atoms with Crippen LogP contribution in [0.4, 0.5) is 17.2 Å². The highest BCUT2D eigenvalue weighted by molar-refractivity contribution is 5.86. The smallest absolute Gasteiger partial charge is 0.181 e. The maximum atomic E-state index is 6.14. The molecule has 1 aromatic heterocycles. The lowest BCUT2D eigenvalue weighted by Crippen LogP contribution is -2.20. The summed E-state index contributed by atoms with van der Waals surface area (Å²) in [6.07, 6.45) is 0. The molecule has 0 fully saturated rings. The molecule has 0 saturated heterocycles. The van der Waals surface area contributed by atoms with E-state index in [1.165, 1.54) is 22.4 Å². The van der Waals surface area contributed by atoms with Crippen LogP contribution in [0.2, 0.25) is 0 Å². The quantitative estimate of drug-likeness (QED) is 0.371. The monoisotopic (exact) mass is 358 g/mol. The van der Waals surface area contributed by atoms with Gasteiger partial charge in [0.25, 0.3) is 0 Å². The van der Waals surface area contributed by atoms with Gasteiger partial charge < -0.3 is 4.74 Å². The van der Waals surface area contributed by atoms with Gasteiger partial charge in [-0.05, 0) is 67.1 Å². The molecule has 2 heterocycles. The van der Waals surface area contributed by atoms with Gasteiger partial charge >= 0.3 is 0 Å². The molecule has 0 radical (unpaired) electrons. The predicted molar refractivity (Wildman–Crippen MR) is 112 cm³/mol. The first kappa shape index (κ1) is 17.6. The lowest BCUT2D eigenvalue weighted by Gasteiger charge is -2.34. The fourth-order valence-electron chi connectivity index (χ4n) is 3.70. The van der Waals surface area contributed by atoms with E-state index in [1.807, 2.05) is 37.3 Å². The van der Waals surface area contributed by atoms with Crippen molar-refractivity contribution < 1.29 is 4.74 Å². The number of nitrogens with zero attached hydrogens (tertiary/aromatic N) is 2. The third-order valence-corrected chi connectivity index (χ3v) is 5.10. The van der Waals surface area contributed by atoms with Gasteiger partial charge in [-0.3, -0.25) is 4.90 Å². The van der Waals surface area contributed by atoms with Gasteiger partial charge in [-0.2, -0.15) is 0 Å². The molecule has 27 heavy (non-hydrogen) atoms. The van der Waals surface area contributed by atoms with Crippen molar-refractivity contribution in [3.8, 4) is 11.5 Å². The number of rotatable bonds is 1. The van der Waals surface area contributed by atoms with Gasteiger partial charge in [-0.25, -0.2) is 4.98 Å². The summed E-state index contributed by atoms with van der Waals surface area (Å²) < 4.78 is 6.14. The topological polar surface area (TPSA) is 25.4 Å². The van der Waals surface area contributed by atoms with E-state index < -0.39 is 0 Å². The van der Waals surface area contributed by atoms with Crippen molar-refractivity contribution in [3.63, 3.8) is 0 Å². The third-order valence-electron chi connectivity index (χ3n) is 5.10. The Hall–Kier alpha value is -2.81. The molecular weight excluding hydrogens is 332 g/mol. The Kier molecular flexibility index (Phi) is 3.99. The Morgan fingerprint density at radius 2 is 1.52 bits per heavy atom. The highest BCUT2D eigenvalue weighted by Gasteiger charge is 2.29. The van der Waals surface area contributed by atoms with Crippen LogP contribution in [0.5, 0.6) is 11.5 Å². The molecule has 0 spiro atoms. The van der Waals surface area contributed by atoms with E-state index in [1.54, 1.807) is 0 Å². The van der Waals surface area contributed by atoms with E-state index in [9.17, 15) is 0 Å². The average Bonchev–Trinajstić information content (AvgIpc) is 2.60. The zero-order chi connectivity index (χ0) is 19.3. The first-order valence-corrected chi connectivity index (χ1v) is 9.42. The molecule has 0 atom stereocenters. The third kappa shape index (κ3) is 2.97. The SMILES string of the molecule is Cc1ccc2c(n1)N(c1c(C)cc(C(C)(C)C)cc1C)c1ccccc1O2. The minimum atomic E-state index is 0.115. The fraction of sp³-hybridized carbons (Fsp3) is 0.292. The summed E-state index contributed by atoms with van der Waals surface area (Å²) in [5.74, 6) is 2.50. The second-order valence-electron chi connectivity index (χ2n) is 8.39. The van der Waals surface area contributed by atoms with Crippen LogP contribution in [0.15, 0.2) is 48.5 Å². The highest BCUT2D eigenvalue weighted by Crippen LogP contribution is 2.51. The Labute approximate surface area is 161 Å². The standard InChI is InChI=1S/C24H26N2O/c1-15-13-18(24(4,5)6)14-16(2)22(15)26-19-9-7-8-10-20(19)27-21-12-11-17(3)25-23(21)26/h7-14H,1-6H3. The van der Waals surface area contributed by atoms with Gasteiger partial charge in [0.1, 0.15) is 0 Å². The number of hydrogen-bond donors (Lipinski definition) is 0. The van der Waals surface area contributed by atoms with Crippen LogP contribution in [0, 0.1) is 20.8 Å². The van der Waals surface area contributed by atoms with E-state index in [4.69, 9.17) is 9.72 Å². The number of anilines is 3. The van der Waals surface area contributed by atoms with Gasteiger partial charge in [0.15, 0.2) is 17.3 Å². The zero-order valence-corrected chi connectivity index (χ0v) is 16.9. The Morgan fingerprint density at radius 1 is 0.852 bits per heavy atom. The van der Waals surface area contributed by atoms with Crippen LogP contribution >= 0.6 is 0 Å². The van der Waals surface area contributed by atoms with Crippen molar-refractivity contribution in [1.82, 2.24) is 4.98 Å². The van der Waals surface area contributed by atoms with Crippen molar-refractivity contribution in [2.75, 3.05) is 4.90 Å². The minimum Gasteiger partial charge on any atom is -0.451 e. The molecule has 4 rings (SSSR count). The molecule has 0 bridgehead atoms. The lowest BCUT2D eigenvalue weighted by atomic mass is 9.84. The second-order valence-corrected chi connectivity index (χ2v) is 8.39. The normalized spacial score (nSPS) is 13.0. The Morgan fingerprint density at radius 3 is 2.19 bits per heavy atom. The number of hydrogen-bond acceptors (Lipinski definition) is 3. The first-order chi connectivity index (χ1) is 12.8. The maximum Gasteiger partial charge on any atom is 0.181 e. The molecule has 138 valence electrons. The molecule has 2 aromatic carbocycles. The molecular formula is C24H26N2O. The average molecular weight is 358 g/mol. The van der Waals surface area contributed by atoms with E-state index >= 15 is 0 Å². The summed E-state index contributed by atoms with van der Waals surface area (Å²) >= 11 is 0. The molecule has 3 nitrogen and oxygen atoms in total. The van der Waals surface area contributed by atoms with Crippen LogP contribution < -0.4 is 9.64 Å². The molecule has 0 saturated carbocycles. The van der Waals surface area contributed by atoms with Crippen molar-refractivity contribution in [2.45, 2.75) is 47.0 Å². The fourth-order valence-corrected chi connectivity index (χ4v) is 3.70. The van der Waals surface area contributed by atoms with Crippen molar-refractivity contribution >= 4 is 17.2 Å². The summed E-state index contributed by atoms with van der Waals surface area (Å²) in [7, 11) is 0. The second kappa shape index (κ2) is 6.12. The number of aromatic nitrogens is 1. The summed E-state index contributed by atoms with van der Waals surface area (Å²) in [6.45, 7) is 13.2. The number of para-hydroxylation sites is 2. The molecule has 3 aromatic rings. The number of ether oxygens (including phenoxy) is 1. The van der Waals surface area contributed by atoms with E-state index in [-0.39, 0.29) is 5.41 Å². The highest BCUT2D eigenvalue weighted by atomic mass is 16.5. The number of aryl methyl sites for hydroxylation is 3. The van der Waals surface area contributed by atoms with Crippen LogP contribution in [0.1, 0.15) is 43.2 Å². The van der Waals surface area contributed by atoms with Gasteiger partial charge in [-0.15, -0.1) is 0 Å². The number of benzene rings is 2. The Balaban J connectivity index is 1.99. The maximum absolute atomic E-state index is 6.14.